The normalized spacial score (nSPS) is 27.9. The Hall–Kier alpha value is -2.24. The van der Waals surface area contributed by atoms with Gasteiger partial charge in [0.25, 0.3) is 0 Å². The molecule has 1 saturated carbocycles. The van der Waals surface area contributed by atoms with Crippen molar-refractivity contribution < 1.29 is 19.1 Å². The molecule has 6 nitrogen and oxygen atoms in total. The molecule has 1 aromatic carbocycles. The summed E-state index contributed by atoms with van der Waals surface area (Å²) in [7, 11) is 0. The molecule has 3 heterocycles. The van der Waals surface area contributed by atoms with Crippen molar-refractivity contribution in [3.63, 3.8) is 0 Å². The molecule has 0 N–H and O–H groups in total. The molecule has 1 aromatic rings. The SMILES string of the molecule is O=C(C1CCCC1)N1CC[C@@]2(CC(=O)N(c3ccc4c(c3)OCO4)C2)C1. The average molecular weight is 356 g/mol. The van der Waals surface area contributed by atoms with E-state index in [2.05, 4.69) is 0 Å². The van der Waals surface area contributed by atoms with Crippen LogP contribution in [-0.2, 0) is 9.59 Å². The van der Waals surface area contributed by atoms with E-state index in [1.807, 2.05) is 28.0 Å². The van der Waals surface area contributed by atoms with Crippen molar-refractivity contribution in [2.45, 2.75) is 38.5 Å². The monoisotopic (exact) mass is 356 g/mol. The number of fused-ring (bicyclic) bond motifs is 1. The molecule has 2 amide bonds. The van der Waals surface area contributed by atoms with E-state index < -0.39 is 0 Å². The number of likely N-dealkylation sites (tertiary alicyclic amines) is 1. The van der Waals surface area contributed by atoms with E-state index in [-0.39, 0.29) is 24.0 Å². The molecule has 138 valence electrons. The van der Waals surface area contributed by atoms with Crippen molar-refractivity contribution in [3.8, 4) is 11.5 Å². The molecule has 0 bridgehead atoms. The van der Waals surface area contributed by atoms with Crippen LogP contribution in [-0.4, -0.2) is 43.1 Å². The predicted octanol–water partition coefficient (Wildman–Crippen LogP) is 2.56. The first-order chi connectivity index (χ1) is 12.6. The highest BCUT2D eigenvalue weighted by Crippen LogP contribution is 2.44. The standard InChI is InChI=1S/C20H24N2O4/c23-18-10-20(7-8-21(11-20)19(24)14-3-1-2-4-14)12-22(18)15-5-6-16-17(9-15)26-13-25-16/h5-6,9,14H,1-4,7-8,10-13H2/t20-/m1/s1. The van der Waals surface area contributed by atoms with Crippen molar-refractivity contribution in [3.05, 3.63) is 18.2 Å². The fraction of sp³-hybridized carbons (Fsp3) is 0.600. The quantitative estimate of drug-likeness (QED) is 0.817. The number of anilines is 1. The smallest absolute Gasteiger partial charge is 0.231 e. The Morgan fingerprint density at radius 3 is 2.77 bits per heavy atom. The topological polar surface area (TPSA) is 59.1 Å². The van der Waals surface area contributed by atoms with E-state index in [0.717, 1.165) is 43.8 Å². The van der Waals surface area contributed by atoms with Crippen molar-refractivity contribution in [1.82, 2.24) is 4.90 Å². The van der Waals surface area contributed by atoms with Gasteiger partial charge in [-0.05, 0) is 31.4 Å². The van der Waals surface area contributed by atoms with Crippen molar-refractivity contribution >= 4 is 17.5 Å². The Kier molecular flexibility index (Phi) is 3.62. The zero-order valence-electron chi connectivity index (χ0n) is 14.9. The number of nitrogens with zero attached hydrogens (tertiary/aromatic N) is 2. The Morgan fingerprint density at radius 1 is 1.12 bits per heavy atom. The third-order valence-electron chi connectivity index (χ3n) is 6.44. The second kappa shape index (κ2) is 5.89. The maximum atomic E-state index is 12.7. The summed E-state index contributed by atoms with van der Waals surface area (Å²) in [5.74, 6) is 2.09. The number of carbonyl (C=O) groups is 2. The van der Waals surface area contributed by atoms with Gasteiger partial charge in [0.2, 0.25) is 18.6 Å². The summed E-state index contributed by atoms with van der Waals surface area (Å²) in [5, 5.41) is 0. The minimum absolute atomic E-state index is 0.0955. The van der Waals surface area contributed by atoms with Crippen LogP contribution in [0.15, 0.2) is 18.2 Å². The predicted molar refractivity (Wildman–Crippen MR) is 95.1 cm³/mol. The Morgan fingerprint density at radius 2 is 1.92 bits per heavy atom. The van der Waals surface area contributed by atoms with Crippen LogP contribution in [0.4, 0.5) is 5.69 Å². The third kappa shape index (κ3) is 2.54. The molecule has 6 heteroatoms. The van der Waals surface area contributed by atoms with Crippen molar-refractivity contribution in [2.24, 2.45) is 11.3 Å². The molecule has 0 aromatic heterocycles. The van der Waals surface area contributed by atoms with E-state index in [1.165, 1.54) is 12.8 Å². The first kappa shape index (κ1) is 16.0. The van der Waals surface area contributed by atoms with Crippen molar-refractivity contribution in [1.29, 1.82) is 0 Å². The van der Waals surface area contributed by atoms with Gasteiger partial charge in [0.15, 0.2) is 11.5 Å². The van der Waals surface area contributed by atoms with Gasteiger partial charge in [-0.3, -0.25) is 9.59 Å². The van der Waals surface area contributed by atoms with Gasteiger partial charge >= 0.3 is 0 Å². The zero-order chi connectivity index (χ0) is 17.7. The van der Waals surface area contributed by atoms with Crippen LogP contribution in [0.2, 0.25) is 0 Å². The van der Waals surface area contributed by atoms with E-state index >= 15 is 0 Å². The van der Waals surface area contributed by atoms with Crippen LogP contribution in [0, 0.1) is 11.3 Å². The first-order valence-corrected chi connectivity index (χ1v) is 9.62. The van der Waals surface area contributed by atoms with Gasteiger partial charge in [0, 0.05) is 49.1 Å². The molecule has 3 fully saturated rings. The second-order valence-corrected chi connectivity index (χ2v) is 8.19. The van der Waals surface area contributed by atoms with E-state index in [4.69, 9.17) is 9.47 Å². The largest absolute Gasteiger partial charge is 0.454 e. The molecule has 0 radical (unpaired) electrons. The average Bonchev–Trinajstić information content (AvgIpc) is 3.42. The lowest BCUT2D eigenvalue weighted by Crippen LogP contribution is -2.36. The highest BCUT2D eigenvalue weighted by atomic mass is 16.7. The summed E-state index contributed by atoms with van der Waals surface area (Å²) in [6, 6.07) is 5.66. The van der Waals surface area contributed by atoms with E-state index in [1.54, 1.807) is 0 Å². The minimum Gasteiger partial charge on any atom is -0.454 e. The summed E-state index contributed by atoms with van der Waals surface area (Å²) >= 11 is 0. The Balaban J connectivity index is 1.31. The number of ether oxygens (including phenoxy) is 2. The molecule has 2 saturated heterocycles. The summed E-state index contributed by atoms with van der Waals surface area (Å²) in [4.78, 5) is 29.3. The van der Waals surface area contributed by atoms with Gasteiger partial charge in [-0.1, -0.05) is 12.8 Å². The van der Waals surface area contributed by atoms with E-state index in [0.29, 0.717) is 24.6 Å². The maximum Gasteiger partial charge on any atom is 0.231 e. The molecule has 26 heavy (non-hydrogen) atoms. The molecule has 4 aliphatic rings. The number of benzene rings is 1. The summed E-state index contributed by atoms with van der Waals surface area (Å²) < 4.78 is 10.8. The summed E-state index contributed by atoms with van der Waals surface area (Å²) in [6.45, 7) is 2.42. The molecule has 5 rings (SSSR count). The highest BCUT2D eigenvalue weighted by molar-refractivity contribution is 5.97. The Bertz CT molecular complexity index is 758. The Labute approximate surface area is 153 Å². The van der Waals surface area contributed by atoms with Gasteiger partial charge in [0.1, 0.15) is 0 Å². The third-order valence-corrected chi connectivity index (χ3v) is 6.44. The number of rotatable bonds is 2. The number of hydrogen-bond acceptors (Lipinski definition) is 4. The van der Waals surface area contributed by atoms with Crippen LogP contribution in [0.1, 0.15) is 38.5 Å². The van der Waals surface area contributed by atoms with Crippen LogP contribution in [0.25, 0.3) is 0 Å². The first-order valence-electron chi connectivity index (χ1n) is 9.62. The molecule has 1 atom stereocenters. The van der Waals surface area contributed by atoms with Gasteiger partial charge in [0.05, 0.1) is 0 Å². The molecule has 1 spiro atoms. The van der Waals surface area contributed by atoms with Gasteiger partial charge in [-0.15, -0.1) is 0 Å². The van der Waals surface area contributed by atoms with Crippen LogP contribution < -0.4 is 14.4 Å². The molecule has 0 unspecified atom stereocenters. The van der Waals surface area contributed by atoms with Crippen LogP contribution in [0.5, 0.6) is 11.5 Å². The summed E-state index contributed by atoms with van der Waals surface area (Å²) in [6.07, 6.45) is 5.85. The number of hydrogen-bond donors (Lipinski definition) is 0. The fourth-order valence-corrected chi connectivity index (χ4v) is 5.01. The van der Waals surface area contributed by atoms with Crippen molar-refractivity contribution in [2.75, 3.05) is 31.3 Å². The molecular formula is C20H24N2O4. The molecule has 3 aliphatic heterocycles. The van der Waals surface area contributed by atoms with Crippen LogP contribution >= 0.6 is 0 Å². The number of carbonyl (C=O) groups excluding carboxylic acids is 2. The second-order valence-electron chi connectivity index (χ2n) is 8.19. The zero-order valence-corrected chi connectivity index (χ0v) is 14.9. The lowest BCUT2D eigenvalue weighted by atomic mass is 9.86. The van der Waals surface area contributed by atoms with E-state index in [9.17, 15) is 9.59 Å². The molecule has 1 aliphatic carbocycles. The fourth-order valence-electron chi connectivity index (χ4n) is 5.01. The van der Waals surface area contributed by atoms with Gasteiger partial charge in [-0.2, -0.15) is 0 Å². The lowest BCUT2D eigenvalue weighted by molar-refractivity contribution is -0.134. The maximum absolute atomic E-state index is 12.7. The van der Waals surface area contributed by atoms with Crippen LogP contribution in [0.3, 0.4) is 0 Å². The highest BCUT2D eigenvalue weighted by Gasteiger charge is 2.49. The minimum atomic E-state index is -0.0955. The summed E-state index contributed by atoms with van der Waals surface area (Å²) in [5.41, 5.74) is 0.763. The molecular weight excluding hydrogens is 332 g/mol. The number of amides is 2. The van der Waals surface area contributed by atoms with Gasteiger partial charge < -0.3 is 19.3 Å². The van der Waals surface area contributed by atoms with Gasteiger partial charge in [-0.25, -0.2) is 0 Å². The lowest BCUT2D eigenvalue weighted by Gasteiger charge is -2.25.